The fraction of sp³-hybridized carbons (Fsp3) is 0.600. The van der Waals surface area contributed by atoms with E-state index in [1.165, 1.54) is 23.4 Å². The molecule has 3 heteroatoms. The summed E-state index contributed by atoms with van der Waals surface area (Å²) in [4.78, 5) is 3.82. The Labute approximate surface area is 116 Å². The predicted octanol–water partition coefficient (Wildman–Crippen LogP) is 3.23. The first-order chi connectivity index (χ1) is 8.80. The summed E-state index contributed by atoms with van der Waals surface area (Å²) in [5.41, 5.74) is 1.37. The average molecular weight is 266 g/mol. The minimum Gasteiger partial charge on any atom is -0.311 e. The molecule has 1 N–H and O–H groups in total. The lowest BCUT2D eigenvalue weighted by atomic mass is 10.2. The number of nitrogens with zero attached hydrogens (tertiary/aromatic N) is 1. The van der Waals surface area contributed by atoms with Crippen LogP contribution in [-0.4, -0.2) is 37.3 Å². The van der Waals surface area contributed by atoms with E-state index in [0.29, 0.717) is 0 Å². The zero-order chi connectivity index (χ0) is 13.2. The van der Waals surface area contributed by atoms with E-state index in [9.17, 15) is 0 Å². The van der Waals surface area contributed by atoms with E-state index in [1.807, 2.05) is 0 Å². The minimum absolute atomic E-state index is 0.971. The number of rotatable bonds is 9. The van der Waals surface area contributed by atoms with Crippen LogP contribution in [0.3, 0.4) is 0 Å². The van der Waals surface area contributed by atoms with Crippen LogP contribution in [0, 0.1) is 0 Å². The molecule has 0 saturated carbocycles. The van der Waals surface area contributed by atoms with Crippen molar-refractivity contribution in [1.82, 2.24) is 10.2 Å². The van der Waals surface area contributed by atoms with E-state index in [2.05, 4.69) is 54.6 Å². The molecule has 0 spiro atoms. The number of thioether (sulfide) groups is 1. The van der Waals surface area contributed by atoms with Crippen molar-refractivity contribution in [2.24, 2.45) is 0 Å². The lowest BCUT2D eigenvalue weighted by Gasteiger charge is -2.19. The Balaban J connectivity index is 2.20. The third-order valence-electron chi connectivity index (χ3n) is 3.08. The molecule has 0 bridgehead atoms. The monoisotopic (exact) mass is 266 g/mol. The average Bonchev–Trinajstić information content (AvgIpc) is 2.43. The van der Waals surface area contributed by atoms with Crippen molar-refractivity contribution in [2.75, 3.05) is 32.4 Å². The Morgan fingerprint density at radius 3 is 2.39 bits per heavy atom. The van der Waals surface area contributed by atoms with Crippen LogP contribution in [0.4, 0.5) is 0 Å². The van der Waals surface area contributed by atoms with E-state index in [-0.39, 0.29) is 0 Å². The molecule has 0 aliphatic rings. The largest absolute Gasteiger partial charge is 0.311 e. The normalized spacial score (nSPS) is 11.1. The zero-order valence-corrected chi connectivity index (χ0v) is 12.7. The number of likely N-dealkylation sites (N-methyl/N-ethyl adjacent to an activating group) is 1. The van der Waals surface area contributed by atoms with Gasteiger partial charge in [0.1, 0.15) is 0 Å². The van der Waals surface area contributed by atoms with Crippen molar-refractivity contribution >= 4 is 11.8 Å². The van der Waals surface area contributed by atoms with Crippen molar-refractivity contribution in [3.8, 4) is 0 Å². The van der Waals surface area contributed by atoms with Gasteiger partial charge in [-0.25, -0.2) is 0 Å². The van der Waals surface area contributed by atoms with Gasteiger partial charge < -0.3 is 10.2 Å². The van der Waals surface area contributed by atoms with E-state index in [1.54, 1.807) is 11.8 Å². The Kier molecular flexibility index (Phi) is 8.14. The molecule has 0 heterocycles. The molecule has 0 unspecified atom stereocenters. The molecule has 0 fully saturated rings. The summed E-state index contributed by atoms with van der Waals surface area (Å²) in [6.45, 7) is 10.0. The summed E-state index contributed by atoms with van der Waals surface area (Å²) in [5.74, 6) is 0. The third kappa shape index (κ3) is 5.89. The maximum Gasteiger partial charge on any atom is 0.0206 e. The highest BCUT2D eigenvalue weighted by atomic mass is 32.2. The van der Waals surface area contributed by atoms with Gasteiger partial charge in [0.25, 0.3) is 0 Å². The Morgan fingerprint density at radius 1 is 1.11 bits per heavy atom. The maximum absolute atomic E-state index is 3.51. The van der Waals surface area contributed by atoms with Crippen molar-refractivity contribution in [1.29, 1.82) is 0 Å². The van der Waals surface area contributed by atoms with Crippen LogP contribution in [0.25, 0.3) is 0 Å². The molecule has 0 aliphatic carbocycles. The lowest BCUT2D eigenvalue weighted by molar-refractivity contribution is 0.287. The van der Waals surface area contributed by atoms with E-state index in [4.69, 9.17) is 0 Å². The van der Waals surface area contributed by atoms with Gasteiger partial charge in [0, 0.05) is 24.5 Å². The molecule has 2 nitrogen and oxygen atoms in total. The molecular formula is C15H26N2S. The second-order valence-corrected chi connectivity index (χ2v) is 5.34. The molecule has 1 rings (SSSR count). The fourth-order valence-electron chi connectivity index (χ4n) is 1.96. The molecular weight excluding hydrogens is 240 g/mol. The first kappa shape index (κ1) is 15.5. The second kappa shape index (κ2) is 9.42. The fourth-order valence-corrected chi connectivity index (χ4v) is 2.37. The molecule has 0 radical (unpaired) electrons. The van der Waals surface area contributed by atoms with Crippen LogP contribution in [-0.2, 0) is 6.54 Å². The molecule has 0 amide bonds. The Hall–Kier alpha value is -0.510. The van der Waals surface area contributed by atoms with Crippen LogP contribution in [0.15, 0.2) is 29.2 Å². The third-order valence-corrected chi connectivity index (χ3v) is 3.82. The highest BCUT2D eigenvalue weighted by Crippen LogP contribution is 2.14. The smallest absolute Gasteiger partial charge is 0.0206 e. The van der Waals surface area contributed by atoms with Crippen molar-refractivity contribution < 1.29 is 0 Å². The van der Waals surface area contributed by atoms with E-state index in [0.717, 1.165) is 26.2 Å². The van der Waals surface area contributed by atoms with Crippen LogP contribution in [0.5, 0.6) is 0 Å². The van der Waals surface area contributed by atoms with E-state index >= 15 is 0 Å². The Morgan fingerprint density at radius 2 is 1.83 bits per heavy atom. The van der Waals surface area contributed by atoms with Gasteiger partial charge in [0.05, 0.1) is 0 Å². The maximum atomic E-state index is 3.51. The van der Waals surface area contributed by atoms with Crippen molar-refractivity contribution in [2.45, 2.75) is 31.7 Å². The van der Waals surface area contributed by atoms with Crippen LogP contribution < -0.4 is 5.32 Å². The zero-order valence-electron chi connectivity index (χ0n) is 11.9. The molecule has 18 heavy (non-hydrogen) atoms. The molecule has 0 saturated heterocycles. The van der Waals surface area contributed by atoms with Gasteiger partial charge in [0.2, 0.25) is 0 Å². The number of benzene rings is 1. The molecule has 102 valence electrons. The molecule has 0 atom stereocenters. The van der Waals surface area contributed by atoms with Crippen LogP contribution >= 0.6 is 11.8 Å². The quantitative estimate of drug-likeness (QED) is 0.546. The number of nitrogens with one attached hydrogen (secondary N) is 1. The van der Waals surface area contributed by atoms with Crippen molar-refractivity contribution in [3.63, 3.8) is 0 Å². The molecule has 1 aromatic rings. The molecule has 0 aromatic heterocycles. The van der Waals surface area contributed by atoms with Gasteiger partial charge in [0.15, 0.2) is 0 Å². The Bertz CT molecular complexity index is 311. The van der Waals surface area contributed by atoms with Gasteiger partial charge >= 0.3 is 0 Å². The summed E-state index contributed by atoms with van der Waals surface area (Å²) in [7, 11) is 0. The van der Waals surface area contributed by atoms with E-state index < -0.39 is 0 Å². The van der Waals surface area contributed by atoms with Gasteiger partial charge in [-0.3, -0.25) is 0 Å². The second-order valence-electron chi connectivity index (χ2n) is 4.46. The summed E-state index contributed by atoms with van der Waals surface area (Å²) < 4.78 is 0. The molecule has 0 aliphatic heterocycles. The summed E-state index contributed by atoms with van der Waals surface area (Å²) in [6, 6.07) is 8.80. The van der Waals surface area contributed by atoms with Gasteiger partial charge in [-0.15, -0.1) is 11.8 Å². The number of hydrogen-bond donors (Lipinski definition) is 1. The first-order valence-corrected chi connectivity index (χ1v) is 8.08. The highest BCUT2D eigenvalue weighted by molar-refractivity contribution is 7.98. The first-order valence-electron chi connectivity index (χ1n) is 6.86. The van der Waals surface area contributed by atoms with Gasteiger partial charge in [-0.05, 0) is 43.5 Å². The predicted molar refractivity (Wildman–Crippen MR) is 82.3 cm³/mol. The topological polar surface area (TPSA) is 15.3 Å². The summed E-state index contributed by atoms with van der Waals surface area (Å²) in [5, 5.41) is 3.51. The number of hydrogen-bond acceptors (Lipinski definition) is 3. The summed E-state index contributed by atoms with van der Waals surface area (Å²) >= 11 is 1.79. The van der Waals surface area contributed by atoms with Crippen molar-refractivity contribution in [3.05, 3.63) is 29.8 Å². The standard InChI is InChI=1S/C15H26N2S/c1-4-11-17(5-2)12-10-16-13-14-6-8-15(18-3)9-7-14/h6-9,16H,4-5,10-13H2,1-3H3. The highest BCUT2D eigenvalue weighted by Gasteiger charge is 1.99. The van der Waals surface area contributed by atoms with Gasteiger partial charge in [-0.1, -0.05) is 26.0 Å². The summed E-state index contributed by atoms with van der Waals surface area (Å²) in [6.07, 6.45) is 3.35. The minimum atomic E-state index is 0.971. The lowest BCUT2D eigenvalue weighted by Crippen LogP contribution is -2.32. The van der Waals surface area contributed by atoms with Crippen LogP contribution in [0.2, 0.25) is 0 Å². The van der Waals surface area contributed by atoms with Gasteiger partial charge in [-0.2, -0.15) is 0 Å². The SMILES string of the molecule is CCCN(CC)CCNCc1ccc(SC)cc1. The molecule has 1 aromatic carbocycles. The van der Waals surface area contributed by atoms with Crippen LogP contribution in [0.1, 0.15) is 25.8 Å².